The molecule has 1 rings (SSSR count). The second kappa shape index (κ2) is 6.76. The summed E-state index contributed by atoms with van der Waals surface area (Å²) in [6.07, 6.45) is 0. The zero-order chi connectivity index (χ0) is 15.4. The Labute approximate surface area is 129 Å². The lowest BCUT2D eigenvalue weighted by atomic mass is 10.1. The first-order valence-corrected chi connectivity index (χ1v) is 6.70. The van der Waals surface area contributed by atoms with Crippen molar-refractivity contribution in [2.45, 2.75) is 13.8 Å². The number of halogens is 2. The molecule has 0 aliphatic heterocycles. The Morgan fingerprint density at radius 2 is 1.90 bits per heavy atom. The lowest BCUT2D eigenvalue weighted by Gasteiger charge is -2.13. The molecule has 7 heteroatoms. The van der Waals surface area contributed by atoms with Crippen LogP contribution in [-0.2, 0) is 9.59 Å². The van der Waals surface area contributed by atoms with Gasteiger partial charge in [0.05, 0.1) is 17.3 Å². The van der Waals surface area contributed by atoms with Gasteiger partial charge in [-0.1, -0.05) is 11.6 Å². The average Bonchev–Trinajstić information content (AvgIpc) is 2.36. The van der Waals surface area contributed by atoms with Gasteiger partial charge in [0.1, 0.15) is 0 Å². The number of benzene rings is 1. The number of carboxylic acid groups (broad SMARTS) is 1. The topological polar surface area (TPSA) is 75.6 Å². The van der Waals surface area contributed by atoms with Crippen molar-refractivity contribution >= 4 is 45.1 Å². The highest BCUT2D eigenvalue weighted by molar-refractivity contribution is 9.10. The van der Waals surface area contributed by atoms with E-state index in [4.69, 9.17) is 21.4 Å². The fourth-order valence-electron chi connectivity index (χ4n) is 1.41. The molecule has 1 amide bonds. The van der Waals surface area contributed by atoms with Crippen LogP contribution in [0.3, 0.4) is 0 Å². The van der Waals surface area contributed by atoms with Crippen molar-refractivity contribution in [1.29, 1.82) is 0 Å². The zero-order valence-electron chi connectivity index (χ0n) is 11.1. The van der Waals surface area contributed by atoms with E-state index in [9.17, 15) is 9.59 Å². The predicted molar refractivity (Wildman–Crippen MR) is 80.3 cm³/mol. The molecule has 0 aliphatic rings. The maximum Gasteiger partial charge on any atom is 0.331 e. The number of methoxy groups -OCH3 is 1. The van der Waals surface area contributed by atoms with Crippen LogP contribution in [0.4, 0.5) is 5.69 Å². The quantitative estimate of drug-likeness (QED) is 0.804. The third-order valence-electron chi connectivity index (χ3n) is 2.68. The molecule has 1 aromatic carbocycles. The molecule has 0 fully saturated rings. The Morgan fingerprint density at radius 3 is 2.40 bits per heavy atom. The zero-order valence-corrected chi connectivity index (χ0v) is 13.4. The van der Waals surface area contributed by atoms with Crippen LogP contribution >= 0.6 is 27.5 Å². The van der Waals surface area contributed by atoms with E-state index in [0.29, 0.717) is 20.9 Å². The van der Waals surface area contributed by atoms with Crippen molar-refractivity contribution < 1.29 is 19.4 Å². The molecule has 20 heavy (non-hydrogen) atoms. The van der Waals surface area contributed by atoms with Crippen molar-refractivity contribution in [3.05, 3.63) is 32.8 Å². The van der Waals surface area contributed by atoms with Crippen LogP contribution in [-0.4, -0.2) is 24.1 Å². The number of carbonyl (C=O) groups is 2. The summed E-state index contributed by atoms with van der Waals surface area (Å²) in [6.45, 7) is 2.80. The van der Waals surface area contributed by atoms with Crippen LogP contribution in [0, 0.1) is 0 Å². The van der Waals surface area contributed by atoms with Gasteiger partial charge < -0.3 is 15.2 Å². The van der Waals surface area contributed by atoms with E-state index in [-0.39, 0.29) is 11.1 Å². The lowest BCUT2D eigenvalue weighted by Crippen LogP contribution is -2.16. The summed E-state index contributed by atoms with van der Waals surface area (Å²) in [6, 6.07) is 3.15. The second-order valence-electron chi connectivity index (χ2n) is 3.98. The smallest absolute Gasteiger partial charge is 0.331 e. The lowest BCUT2D eigenvalue weighted by molar-refractivity contribution is -0.133. The summed E-state index contributed by atoms with van der Waals surface area (Å²) in [7, 11) is 1.45. The number of anilines is 1. The first kappa shape index (κ1) is 16.5. The molecule has 0 spiro atoms. The number of carboxylic acids is 1. The summed E-state index contributed by atoms with van der Waals surface area (Å²) < 4.78 is 5.75. The number of ether oxygens (including phenoxy) is 1. The molecule has 0 heterocycles. The maximum atomic E-state index is 12.0. The molecule has 0 aromatic heterocycles. The van der Waals surface area contributed by atoms with Crippen molar-refractivity contribution in [2.75, 3.05) is 12.4 Å². The number of carbonyl (C=O) groups excluding carboxylic acids is 1. The van der Waals surface area contributed by atoms with Gasteiger partial charge in [0.15, 0.2) is 5.75 Å². The fourth-order valence-corrected chi connectivity index (χ4v) is 2.38. The number of hydrogen-bond donors (Lipinski definition) is 2. The van der Waals surface area contributed by atoms with Crippen LogP contribution in [0.5, 0.6) is 5.75 Å². The molecule has 0 bridgehead atoms. The van der Waals surface area contributed by atoms with Crippen molar-refractivity contribution in [2.24, 2.45) is 0 Å². The Morgan fingerprint density at radius 1 is 1.30 bits per heavy atom. The van der Waals surface area contributed by atoms with Gasteiger partial charge in [-0.25, -0.2) is 4.79 Å². The predicted octanol–water partition coefficient (Wildman–Crippen LogP) is 3.47. The largest absolute Gasteiger partial charge is 0.493 e. The summed E-state index contributed by atoms with van der Waals surface area (Å²) >= 11 is 9.18. The molecule has 1 aromatic rings. The van der Waals surface area contributed by atoms with Crippen molar-refractivity contribution in [3.63, 3.8) is 0 Å². The SMILES string of the molecule is COc1c(Br)cc(Cl)cc1NC(=O)C(C)=C(C)C(=O)O. The van der Waals surface area contributed by atoms with Crippen LogP contribution in [0.15, 0.2) is 27.8 Å². The fraction of sp³-hybridized carbons (Fsp3) is 0.231. The van der Waals surface area contributed by atoms with E-state index >= 15 is 0 Å². The highest BCUT2D eigenvalue weighted by Gasteiger charge is 2.16. The molecule has 2 N–H and O–H groups in total. The first-order valence-electron chi connectivity index (χ1n) is 5.53. The van der Waals surface area contributed by atoms with Gasteiger partial charge >= 0.3 is 5.97 Å². The van der Waals surface area contributed by atoms with E-state index in [1.165, 1.54) is 27.0 Å². The second-order valence-corrected chi connectivity index (χ2v) is 5.27. The maximum absolute atomic E-state index is 12.0. The molecule has 0 aliphatic carbocycles. The first-order chi connectivity index (χ1) is 9.27. The summed E-state index contributed by atoms with van der Waals surface area (Å²) in [5, 5.41) is 11.9. The van der Waals surface area contributed by atoms with Gasteiger partial charge in [-0.2, -0.15) is 0 Å². The summed E-state index contributed by atoms with van der Waals surface area (Å²) in [4.78, 5) is 22.8. The van der Waals surface area contributed by atoms with Crippen LogP contribution in [0.2, 0.25) is 5.02 Å². The Balaban J connectivity index is 3.14. The van der Waals surface area contributed by atoms with E-state index in [0.717, 1.165) is 0 Å². The van der Waals surface area contributed by atoms with Crippen molar-refractivity contribution in [3.8, 4) is 5.75 Å². The molecular formula is C13H13BrClNO4. The molecule has 0 radical (unpaired) electrons. The minimum Gasteiger partial charge on any atom is -0.493 e. The number of hydrogen-bond acceptors (Lipinski definition) is 3. The molecule has 5 nitrogen and oxygen atoms in total. The molecule has 0 saturated heterocycles. The molecule has 0 unspecified atom stereocenters. The summed E-state index contributed by atoms with van der Waals surface area (Å²) in [5.74, 6) is -1.27. The Bertz CT molecular complexity index is 598. The summed E-state index contributed by atoms with van der Waals surface area (Å²) in [5.41, 5.74) is 0.438. The monoisotopic (exact) mass is 361 g/mol. The third-order valence-corrected chi connectivity index (χ3v) is 3.49. The number of aliphatic carboxylic acids is 1. The molecule has 0 saturated carbocycles. The van der Waals surface area contributed by atoms with Crippen LogP contribution in [0.25, 0.3) is 0 Å². The minimum absolute atomic E-state index is 0.0254. The van der Waals surface area contributed by atoms with Crippen molar-refractivity contribution in [1.82, 2.24) is 0 Å². The standard InChI is InChI=1S/C13H13BrClNO4/c1-6(7(2)13(18)19)12(17)16-10-5-8(15)4-9(14)11(10)20-3/h4-5H,1-3H3,(H,16,17)(H,18,19). The van der Waals surface area contributed by atoms with E-state index < -0.39 is 11.9 Å². The van der Waals surface area contributed by atoms with Gasteiger partial charge in [0.2, 0.25) is 0 Å². The highest BCUT2D eigenvalue weighted by Crippen LogP contribution is 2.36. The van der Waals surface area contributed by atoms with E-state index in [1.807, 2.05) is 0 Å². The Kier molecular flexibility index (Phi) is 5.59. The van der Waals surface area contributed by atoms with Gasteiger partial charge in [-0.3, -0.25) is 4.79 Å². The van der Waals surface area contributed by atoms with Crippen LogP contribution < -0.4 is 10.1 Å². The highest BCUT2D eigenvalue weighted by atomic mass is 79.9. The number of rotatable bonds is 4. The average molecular weight is 363 g/mol. The Hall–Kier alpha value is -1.53. The van der Waals surface area contributed by atoms with Gasteiger partial charge in [-0.05, 0) is 41.9 Å². The van der Waals surface area contributed by atoms with Gasteiger partial charge in [-0.15, -0.1) is 0 Å². The van der Waals surface area contributed by atoms with Gasteiger partial charge in [0, 0.05) is 16.2 Å². The molecule has 0 atom stereocenters. The minimum atomic E-state index is -1.14. The normalized spacial score (nSPS) is 11.7. The third kappa shape index (κ3) is 3.74. The molecular weight excluding hydrogens is 350 g/mol. The molecule has 108 valence electrons. The van der Waals surface area contributed by atoms with E-state index in [2.05, 4.69) is 21.2 Å². The van der Waals surface area contributed by atoms with Gasteiger partial charge in [0.25, 0.3) is 5.91 Å². The van der Waals surface area contributed by atoms with E-state index in [1.54, 1.807) is 6.07 Å². The number of nitrogens with one attached hydrogen (secondary N) is 1. The number of amides is 1. The van der Waals surface area contributed by atoms with Crippen LogP contribution in [0.1, 0.15) is 13.8 Å².